The Morgan fingerprint density at radius 3 is 2.67 bits per heavy atom. The van der Waals surface area contributed by atoms with E-state index in [1.54, 1.807) is 0 Å². The molecule has 0 aromatic heterocycles. The summed E-state index contributed by atoms with van der Waals surface area (Å²) in [7, 11) is 0. The summed E-state index contributed by atoms with van der Waals surface area (Å²) < 4.78 is 5.95. The summed E-state index contributed by atoms with van der Waals surface area (Å²) in [6.07, 6.45) is 1.91. The van der Waals surface area contributed by atoms with E-state index in [1.807, 2.05) is 18.2 Å². The van der Waals surface area contributed by atoms with Crippen LogP contribution in [0.4, 0.5) is 5.69 Å². The van der Waals surface area contributed by atoms with E-state index in [2.05, 4.69) is 49.1 Å². The predicted octanol–water partition coefficient (Wildman–Crippen LogP) is 3.30. The first-order chi connectivity index (χ1) is 12.9. The molecular weight excluding hydrogens is 334 g/mol. The van der Waals surface area contributed by atoms with E-state index in [9.17, 15) is 0 Å². The van der Waals surface area contributed by atoms with Crippen LogP contribution in [0.25, 0.3) is 0 Å². The van der Waals surface area contributed by atoms with Crippen LogP contribution < -0.4 is 11.5 Å². The molecule has 4 rings (SSSR count). The Labute approximate surface area is 162 Å². The first kappa shape index (κ1) is 18.5. The Morgan fingerprint density at radius 2 is 1.89 bits per heavy atom. The number of ether oxygens (including phenoxy) is 1. The van der Waals surface area contributed by atoms with Crippen molar-refractivity contribution in [1.82, 2.24) is 4.90 Å². The van der Waals surface area contributed by atoms with Crippen LogP contribution in [0.1, 0.15) is 37.0 Å². The average molecular weight is 366 g/mol. The fourth-order valence-corrected chi connectivity index (χ4v) is 5.08. The van der Waals surface area contributed by atoms with Gasteiger partial charge in [0.15, 0.2) is 0 Å². The molecule has 1 aliphatic heterocycles. The third kappa shape index (κ3) is 3.06. The Morgan fingerprint density at radius 1 is 1.11 bits per heavy atom. The zero-order valence-corrected chi connectivity index (χ0v) is 16.4. The molecule has 4 heteroatoms. The van der Waals surface area contributed by atoms with Crippen LogP contribution in [0.5, 0.6) is 0 Å². The number of anilines is 1. The highest BCUT2D eigenvalue weighted by molar-refractivity contribution is 5.56. The molecule has 2 aliphatic rings. The molecule has 1 saturated heterocycles. The van der Waals surface area contributed by atoms with Crippen LogP contribution in [0.15, 0.2) is 48.5 Å². The summed E-state index contributed by atoms with van der Waals surface area (Å²) in [5, 5.41) is 0. The fourth-order valence-electron chi connectivity index (χ4n) is 5.08. The topological polar surface area (TPSA) is 64.5 Å². The number of piperidine rings is 1. The van der Waals surface area contributed by atoms with E-state index < -0.39 is 0 Å². The minimum absolute atomic E-state index is 0.00846. The van der Waals surface area contributed by atoms with E-state index in [-0.39, 0.29) is 11.0 Å². The molecule has 0 saturated carbocycles. The number of benzene rings is 2. The number of likely N-dealkylation sites (tertiary alicyclic amines) is 1. The molecule has 0 amide bonds. The number of nitrogen functional groups attached to an aromatic ring is 1. The van der Waals surface area contributed by atoms with Gasteiger partial charge in [0.25, 0.3) is 0 Å². The third-order valence-electron chi connectivity index (χ3n) is 6.94. The van der Waals surface area contributed by atoms with Crippen molar-refractivity contribution in [3.05, 3.63) is 65.2 Å². The predicted molar refractivity (Wildman–Crippen MR) is 110 cm³/mol. The van der Waals surface area contributed by atoms with Gasteiger partial charge in [-0.3, -0.25) is 4.90 Å². The lowest BCUT2D eigenvalue weighted by molar-refractivity contribution is -0.0541. The van der Waals surface area contributed by atoms with E-state index in [0.29, 0.717) is 12.6 Å². The molecule has 2 bridgehead atoms. The smallest absolute Gasteiger partial charge is 0.0717 e. The quantitative estimate of drug-likeness (QED) is 0.630. The second-order valence-electron chi connectivity index (χ2n) is 8.61. The molecular formula is C23H31N3O. The van der Waals surface area contributed by atoms with Crippen molar-refractivity contribution in [3.63, 3.8) is 0 Å². The SMILES string of the molecule is CC1(C)[C@H]2Cc3c(N)cccc3[C@@]1(N)CCN2CCOCc1ccccc1. The van der Waals surface area contributed by atoms with Crippen LogP contribution in [-0.4, -0.2) is 30.6 Å². The lowest BCUT2D eigenvalue weighted by atomic mass is 9.55. The minimum atomic E-state index is -0.317. The molecule has 144 valence electrons. The molecule has 1 aliphatic carbocycles. The monoisotopic (exact) mass is 365 g/mol. The van der Waals surface area contributed by atoms with Gasteiger partial charge in [0.05, 0.1) is 13.2 Å². The standard InChI is InChI=1S/C23H31N3O/c1-22(2)21-15-18-19(9-6-10-20(18)24)23(22,25)11-12-26(21)13-14-27-16-17-7-4-3-5-8-17/h3-10,21H,11-16,24-25H2,1-2H3/t21-,23+/m1/s1. The third-order valence-corrected chi connectivity index (χ3v) is 6.94. The highest BCUT2D eigenvalue weighted by Crippen LogP contribution is 2.53. The van der Waals surface area contributed by atoms with Gasteiger partial charge in [0.1, 0.15) is 0 Å². The van der Waals surface area contributed by atoms with Crippen LogP contribution >= 0.6 is 0 Å². The van der Waals surface area contributed by atoms with Gasteiger partial charge in [-0.1, -0.05) is 56.3 Å². The molecule has 2 aromatic rings. The molecule has 0 unspecified atom stereocenters. The number of nitrogens with zero attached hydrogens (tertiary/aromatic N) is 1. The summed E-state index contributed by atoms with van der Waals surface area (Å²) in [4.78, 5) is 2.56. The number of nitrogens with two attached hydrogens (primary N) is 2. The summed E-state index contributed by atoms with van der Waals surface area (Å²) in [5.74, 6) is 0. The van der Waals surface area contributed by atoms with Crippen LogP contribution in [0, 0.1) is 5.41 Å². The maximum absolute atomic E-state index is 7.04. The molecule has 1 heterocycles. The van der Waals surface area contributed by atoms with Crippen molar-refractivity contribution in [1.29, 1.82) is 0 Å². The molecule has 1 fully saturated rings. The van der Waals surface area contributed by atoms with Crippen molar-refractivity contribution >= 4 is 5.69 Å². The van der Waals surface area contributed by atoms with Crippen LogP contribution in [0.2, 0.25) is 0 Å². The summed E-state index contributed by atoms with van der Waals surface area (Å²) >= 11 is 0. The van der Waals surface area contributed by atoms with E-state index >= 15 is 0 Å². The van der Waals surface area contributed by atoms with Crippen molar-refractivity contribution in [2.45, 2.75) is 44.9 Å². The van der Waals surface area contributed by atoms with Gasteiger partial charge < -0.3 is 16.2 Å². The Kier molecular flexibility index (Phi) is 4.75. The van der Waals surface area contributed by atoms with Crippen LogP contribution in [0.3, 0.4) is 0 Å². The molecule has 27 heavy (non-hydrogen) atoms. The molecule has 0 spiro atoms. The summed E-state index contributed by atoms with van der Waals surface area (Å²) in [5.41, 5.74) is 17.6. The van der Waals surface area contributed by atoms with Gasteiger partial charge in [0.2, 0.25) is 0 Å². The van der Waals surface area contributed by atoms with Gasteiger partial charge in [-0.05, 0) is 35.6 Å². The Bertz CT molecular complexity index is 805. The molecule has 2 atom stereocenters. The maximum atomic E-state index is 7.04. The molecule has 2 aromatic carbocycles. The van der Waals surface area contributed by atoms with Gasteiger partial charge in [-0.15, -0.1) is 0 Å². The Hall–Kier alpha value is -1.88. The number of hydrogen-bond acceptors (Lipinski definition) is 4. The zero-order chi connectivity index (χ0) is 19.1. The number of hydrogen-bond donors (Lipinski definition) is 2. The molecule has 4 nitrogen and oxygen atoms in total. The lowest BCUT2D eigenvalue weighted by Gasteiger charge is -2.60. The van der Waals surface area contributed by atoms with Crippen molar-refractivity contribution in [3.8, 4) is 0 Å². The Balaban J connectivity index is 1.47. The second kappa shape index (κ2) is 6.93. The summed E-state index contributed by atoms with van der Waals surface area (Å²) in [6, 6.07) is 17.0. The van der Waals surface area contributed by atoms with Crippen molar-refractivity contribution < 1.29 is 4.74 Å². The largest absolute Gasteiger partial charge is 0.398 e. The van der Waals surface area contributed by atoms with Gasteiger partial charge in [0, 0.05) is 35.8 Å². The summed E-state index contributed by atoms with van der Waals surface area (Å²) in [6.45, 7) is 7.98. The van der Waals surface area contributed by atoms with E-state index in [0.717, 1.165) is 38.2 Å². The van der Waals surface area contributed by atoms with Crippen LogP contribution in [-0.2, 0) is 23.3 Å². The van der Waals surface area contributed by atoms with E-state index in [1.165, 1.54) is 16.7 Å². The average Bonchev–Trinajstić information content (AvgIpc) is 2.65. The van der Waals surface area contributed by atoms with Gasteiger partial charge in [-0.25, -0.2) is 0 Å². The van der Waals surface area contributed by atoms with Gasteiger partial charge >= 0.3 is 0 Å². The minimum Gasteiger partial charge on any atom is -0.398 e. The van der Waals surface area contributed by atoms with E-state index in [4.69, 9.17) is 16.2 Å². The van der Waals surface area contributed by atoms with Crippen molar-refractivity contribution in [2.75, 3.05) is 25.4 Å². The van der Waals surface area contributed by atoms with Gasteiger partial charge in [-0.2, -0.15) is 0 Å². The van der Waals surface area contributed by atoms with Crippen molar-refractivity contribution in [2.24, 2.45) is 11.1 Å². The number of fused-ring (bicyclic) bond motifs is 4. The normalized spacial score (nSPS) is 26.6. The number of rotatable bonds is 5. The first-order valence-electron chi connectivity index (χ1n) is 9.96. The second-order valence-corrected chi connectivity index (χ2v) is 8.61. The molecule has 4 N–H and O–H groups in total. The lowest BCUT2D eigenvalue weighted by Crippen LogP contribution is -2.68. The maximum Gasteiger partial charge on any atom is 0.0717 e. The fraction of sp³-hybridized carbons (Fsp3) is 0.478. The molecule has 0 radical (unpaired) electrons. The zero-order valence-electron chi connectivity index (χ0n) is 16.4. The first-order valence-corrected chi connectivity index (χ1v) is 9.96. The highest BCUT2D eigenvalue weighted by Gasteiger charge is 2.56. The highest BCUT2D eigenvalue weighted by atomic mass is 16.5.